The minimum Gasteiger partial charge on any atom is -0.396 e. The normalized spacial score (nSPS) is 11.8. The molecule has 2 amide bonds. The summed E-state index contributed by atoms with van der Waals surface area (Å²) < 4.78 is 0. The van der Waals surface area contributed by atoms with E-state index < -0.39 is 11.9 Å². The zero-order valence-electron chi connectivity index (χ0n) is 11.0. The molecule has 0 aliphatic carbocycles. The van der Waals surface area contributed by atoms with Crippen molar-refractivity contribution in [2.75, 3.05) is 13.2 Å². The number of aliphatic hydroxyl groups excluding tert-OH is 1. The second-order valence-corrected chi connectivity index (χ2v) is 4.95. The van der Waals surface area contributed by atoms with Crippen LogP contribution in [0.25, 0.3) is 0 Å². The number of aliphatic hydroxyl groups is 1. The van der Waals surface area contributed by atoms with Crippen LogP contribution in [0, 0.1) is 0 Å². The van der Waals surface area contributed by atoms with E-state index in [0.29, 0.717) is 13.0 Å². The highest BCUT2D eigenvalue weighted by molar-refractivity contribution is 6.43. The van der Waals surface area contributed by atoms with Crippen molar-refractivity contribution in [3.8, 4) is 0 Å². The first-order valence-corrected chi connectivity index (χ1v) is 6.86. The minimum absolute atomic E-state index is 0.000851. The number of nitrogens with one attached hydrogen (secondary N) is 2. The predicted octanol–water partition coefficient (Wildman–Crippen LogP) is 1.61. The standard InChI is InChI=1S/C13H16Cl2N2O3/c1-8(12(19)16-6-3-7-18)17-13(20)9-4-2-5-10(14)11(9)15/h2,4-5,8,18H,3,6-7H2,1H3,(H,16,19)(H,17,20). The van der Waals surface area contributed by atoms with Crippen molar-refractivity contribution in [2.24, 2.45) is 0 Å². The zero-order valence-corrected chi connectivity index (χ0v) is 12.5. The highest BCUT2D eigenvalue weighted by Gasteiger charge is 2.18. The molecular weight excluding hydrogens is 303 g/mol. The number of carbonyl (C=O) groups excluding carboxylic acids is 2. The molecule has 0 radical (unpaired) electrons. The summed E-state index contributed by atoms with van der Waals surface area (Å²) in [6.07, 6.45) is 0.465. The van der Waals surface area contributed by atoms with Crippen molar-refractivity contribution >= 4 is 35.0 Å². The molecule has 1 unspecified atom stereocenters. The molecule has 0 fully saturated rings. The summed E-state index contributed by atoms with van der Waals surface area (Å²) in [5.41, 5.74) is 0.217. The minimum atomic E-state index is -0.712. The Bertz CT molecular complexity index is 495. The van der Waals surface area contributed by atoms with Gasteiger partial charge in [0.25, 0.3) is 5.91 Å². The van der Waals surface area contributed by atoms with Gasteiger partial charge in [-0.15, -0.1) is 0 Å². The Balaban J connectivity index is 2.61. The molecule has 1 aromatic carbocycles. The van der Waals surface area contributed by atoms with Crippen LogP contribution in [0.1, 0.15) is 23.7 Å². The van der Waals surface area contributed by atoms with Crippen molar-refractivity contribution in [3.05, 3.63) is 33.8 Å². The van der Waals surface area contributed by atoms with E-state index in [0.717, 1.165) is 0 Å². The summed E-state index contributed by atoms with van der Waals surface area (Å²) in [5, 5.41) is 14.2. The molecule has 3 N–H and O–H groups in total. The number of carbonyl (C=O) groups is 2. The summed E-state index contributed by atoms with van der Waals surface area (Å²) >= 11 is 11.8. The molecule has 0 spiro atoms. The largest absolute Gasteiger partial charge is 0.396 e. The van der Waals surface area contributed by atoms with E-state index in [-0.39, 0.29) is 28.1 Å². The van der Waals surface area contributed by atoms with Crippen molar-refractivity contribution < 1.29 is 14.7 Å². The van der Waals surface area contributed by atoms with Gasteiger partial charge in [0.1, 0.15) is 6.04 Å². The smallest absolute Gasteiger partial charge is 0.253 e. The highest BCUT2D eigenvalue weighted by Crippen LogP contribution is 2.25. The van der Waals surface area contributed by atoms with E-state index in [1.54, 1.807) is 19.1 Å². The van der Waals surface area contributed by atoms with Gasteiger partial charge in [0.2, 0.25) is 5.91 Å². The monoisotopic (exact) mass is 318 g/mol. The lowest BCUT2D eigenvalue weighted by Crippen LogP contribution is -2.45. The SMILES string of the molecule is CC(NC(=O)c1cccc(Cl)c1Cl)C(=O)NCCCO. The molecular formula is C13H16Cl2N2O3. The molecule has 7 heteroatoms. The van der Waals surface area contributed by atoms with Gasteiger partial charge in [0, 0.05) is 13.2 Å². The van der Waals surface area contributed by atoms with Crippen molar-refractivity contribution in [3.63, 3.8) is 0 Å². The quantitative estimate of drug-likeness (QED) is 0.697. The summed E-state index contributed by atoms with van der Waals surface area (Å²) in [7, 11) is 0. The number of hydrogen-bond acceptors (Lipinski definition) is 3. The Hall–Kier alpha value is -1.30. The third-order valence-electron chi connectivity index (χ3n) is 2.57. The van der Waals surface area contributed by atoms with Crippen molar-refractivity contribution in [1.82, 2.24) is 10.6 Å². The maximum absolute atomic E-state index is 12.0. The van der Waals surface area contributed by atoms with Gasteiger partial charge in [-0.05, 0) is 25.5 Å². The molecule has 0 aliphatic heterocycles. The second-order valence-electron chi connectivity index (χ2n) is 4.16. The third kappa shape index (κ3) is 4.67. The predicted molar refractivity (Wildman–Crippen MR) is 78.1 cm³/mol. The molecule has 20 heavy (non-hydrogen) atoms. The summed E-state index contributed by atoms with van der Waals surface area (Å²) in [6.45, 7) is 1.91. The van der Waals surface area contributed by atoms with E-state index >= 15 is 0 Å². The molecule has 0 bridgehead atoms. The average molecular weight is 319 g/mol. The van der Waals surface area contributed by atoms with Gasteiger partial charge in [0.15, 0.2) is 0 Å². The summed E-state index contributed by atoms with van der Waals surface area (Å²) in [5.74, 6) is -0.799. The number of benzene rings is 1. The molecule has 0 heterocycles. The van der Waals surface area contributed by atoms with Gasteiger partial charge in [-0.2, -0.15) is 0 Å². The van der Waals surface area contributed by atoms with Crippen LogP contribution in [0.2, 0.25) is 10.0 Å². The van der Waals surface area contributed by atoms with Gasteiger partial charge in [0.05, 0.1) is 15.6 Å². The first-order chi connectivity index (χ1) is 9.47. The lowest BCUT2D eigenvalue weighted by atomic mass is 10.2. The molecule has 0 saturated carbocycles. The Morgan fingerprint density at radius 2 is 2.05 bits per heavy atom. The zero-order chi connectivity index (χ0) is 15.1. The molecule has 5 nitrogen and oxygen atoms in total. The van der Waals surface area contributed by atoms with Crippen LogP contribution < -0.4 is 10.6 Å². The Labute approximate surface area is 127 Å². The Kier molecular flexibility index (Phi) is 6.78. The summed E-state index contributed by atoms with van der Waals surface area (Å²) in [4.78, 5) is 23.7. The van der Waals surface area contributed by atoms with E-state index in [1.165, 1.54) is 6.07 Å². The van der Waals surface area contributed by atoms with Crippen molar-refractivity contribution in [1.29, 1.82) is 0 Å². The number of halogens is 2. The van der Waals surface area contributed by atoms with Crippen LogP contribution >= 0.6 is 23.2 Å². The average Bonchev–Trinajstić information content (AvgIpc) is 2.41. The van der Waals surface area contributed by atoms with Gasteiger partial charge < -0.3 is 15.7 Å². The molecule has 1 rings (SSSR count). The molecule has 0 aliphatic rings. The topological polar surface area (TPSA) is 78.4 Å². The molecule has 110 valence electrons. The van der Waals surface area contributed by atoms with Crippen LogP contribution in [0.5, 0.6) is 0 Å². The van der Waals surface area contributed by atoms with Crippen LogP contribution in [0.4, 0.5) is 0 Å². The van der Waals surface area contributed by atoms with E-state index in [4.69, 9.17) is 28.3 Å². The van der Waals surface area contributed by atoms with Crippen LogP contribution in [-0.2, 0) is 4.79 Å². The fourth-order valence-corrected chi connectivity index (χ4v) is 1.85. The van der Waals surface area contributed by atoms with E-state index in [9.17, 15) is 9.59 Å². The highest BCUT2D eigenvalue weighted by atomic mass is 35.5. The molecule has 0 saturated heterocycles. The molecule has 0 aromatic heterocycles. The molecule has 1 atom stereocenters. The summed E-state index contributed by atoms with van der Waals surface area (Å²) in [6, 6.07) is 4.00. The number of amides is 2. The molecule has 1 aromatic rings. The van der Waals surface area contributed by atoms with Gasteiger partial charge in [-0.25, -0.2) is 0 Å². The maximum atomic E-state index is 12.0. The first-order valence-electron chi connectivity index (χ1n) is 6.10. The Morgan fingerprint density at radius 3 is 2.70 bits per heavy atom. The number of rotatable bonds is 6. The second kappa shape index (κ2) is 8.09. The van der Waals surface area contributed by atoms with Gasteiger partial charge in [-0.1, -0.05) is 29.3 Å². The lowest BCUT2D eigenvalue weighted by molar-refractivity contribution is -0.122. The maximum Gasteiger partial charge on any atom is 0.253 e. The Morgan fingerprint density at radius 1 is 1.35 bits per heavy atom. The van der Waals surface area contributed by atoms with Gasteiger partial charge in [-0.3, -0.25) is 9.59 Å². The van der Waals surface area contributed by atoms with Crippen LogP contribution in [0.3, 0.4) is 0 Å². The fraction of sp³-hybridized carbons (Fsp3) is 0.385. The first kappa shape index (κ1) is 16.8. The lowest BCUT2D eigenvalue weighted by Gasteiger charge is -2.14. The van der Waals surface area contributed by atoms with E-state index in [2.05, 4.69) is 10.6 Å². The van der Waals surface area contributed by atoms with E-state index in [1.807, 2.05) is 0 Å². The van der Waals surface area contributed by atoms with Crippen LogP contribution in [0.15, 0.2) is 18.2 Å². The third-order valence-corrected chi connectivity index (χ3v) is 3.39. The van der Waals surface area contributed by atoms with Crippen molar-refractivity contribution in [2.45, 2.75) is 19.4 Å². The fourth-order valence-electron chi connectivity index (χ4n) is 1.46. The van der Waals surface area contributed by atoms with Gasteiger partial charge >= 0.3 is 0 Å². The van der Waals surface area contributed by atoms with Crippen LogP contribution in [-0.4, -0.2) is 36.1 Å². The number of hydrogen-bond donors (Lipinski definition) is 3.